The molecule has 0 aromatic heterocycles. The number of benzene rings is 2. The third-order valence-electron chi connectivity index (χ3n) is 5.74. The fourth-order valence-corrected chi connectivity index (χ4v) is 3.96. The normalized spacial score (nSPS) is 20.5. The zero-order valence-corrected chi connectivity index (χ0v) is 17.0. The second-order valence-electron chi connectivity index (χ2n) is 8.10. The van der Waals surface area contributed by atoms with Crippen LogP contribution in [0.25, 0.3) is 0 Å². The first-order valence-electron chi connectivity index (χ1n) is 10.4. The Bertz CT molecular complexity index is 714. The van der Waals surface area contributed by atoms with Crippen molar-refractivity contribution < 1.29 is 14.2 Å². The summed E-state index contributed by atoms with van der Waals surface area (Å²) in [7, 11) is 0. The van der Waals surface area contributed by atoms with Gasteiger partial charge in [0.2, 0.25) is 0 Å². The molecule has 1 saturated heterocycles. The van der Waals surface area contributed by atoms with Crippen molar-refractivity contribution in [3.8, 4) is 5.75 Å². The molecule has 0 aliphatic carbocycles. The standard InChI is InChI=1S/C24H32FNO2/c1-18(2)20-6-10-23(11-7-20)28-15-3-13-26-14-12-19(17-27)16-24(26)21-4-8-22(25)9-5-21/h4-11,18-19,24,27H,3,12-17H2,1-2H3. The second-order valence-corrected chi connectivity index (χ2v) is 8.10. The van der Waals surface area contributed by atoms with Gasteiger partial charge < -0.3 is 9.84 Å². The summed E-state index contributed by atoms with van der Waals surface area (Å²) < 4.78 is 19.2. The molecule has 0 amide bonds. The number of likely N-dealkylation sites (tertiary alicyclic amines) is 1. The molecule has 1 N–H and O–H groups in total. The van der Waals surface area contributed by atoms with Gasteiger partial charge in [0.15, 0.2) is 0 Å². The smallest absolute Gasteiger partial charge is 0.123 e. The minimum atomic E-state index is -0.207. The van der Waals surface area contributed by atoms with Crippen LogP contribution in [0.3, 0.4) is 0 Å². The van der Waals surface area contributed by atoms with Crippen LogP contribution in [0.5, 0.6) is 5.75 Å². The van der Waals surface area contributed by atoms with Gasteiger partial charge in [-0.25, -0.2) is 4.39 Å². The lowest BCUT2D eigenvalue weighted by molar-refractivity contribution is 0.0760. The van der Waals surface area contributed by atoms with Crippen molar-refractivity contribution in [2.75, 3.05) is 26.3 Å². The number of halogens is 1. The summed E-state index contributed by atoms with van der Waals surface area (Å²) in [5.41, 5.74) is 2.45. The molecule has 0 radical (unpaired) electrons. The Morgan fingerprint density at radius 2 is 1.82 bits per heavy atom. The summed E-state index contributed by atoms with van der Waals surface area (Å²) in [6.45, 7) is 7.17. The molecule has 3 nitrogen and oxygen atoms in total. The van der Waals surface area contributed by atoms with Crippen LogP contribution in [-0.2, 0) is 0 Å². The van der Waals surface area contributed by atoms with Crippen LogP contribution in [0, 0.1) is 11.7 Å². The van der Waals surface area contributed by atoms with Crippen LogP contribution in [-0.4, -0.2) is 36.3 Å². The summed E-state index contributed by atoms with van der Waals surface area (Å²) >= 11 is 0. The summed E-state index contributed by atoms with van der Waals surface area (Å²) in [4.78, 5) is 2.45. The summed E-state index contributed by atoms with van der Waals surface area (Å²) in [5, 5.41) is 9.58. The van der Waals surface area contributed by atoms with Crippen LogP contribution >= 0.6 is 0 Å². The Morgan fingerprint density at radius 3 is 2.46 bits per heavy atom. The highest BCUT2D eigenvalue weighted by Gasteiger charge is 2.28. The third kappa shape index (κ3) is 5.55. The zero-order chi connectivity index (χ0) is 19.9. The predicted molar refractivity (Wildman–Crippen MR) is 111 cm³/mol. The number of hydrogen-bond donors (Lipinski definition) is 1. The van der Waals surface area contributed by atoms with Crippen LogP contribution in [0.1, 0.15) is 56.2 Å². The zero-order valence-electron chi connectivity index (χ0n) is 17.0. The van der Waals surface area contributed by atoms with E-state index in [0.717, 1.165) is 43.7 Å². The Labute approximate surface area is 168 Å². The molecule has 3 rings (SSSR count). The number of aliphatic hydroxyl groups excluding tert-OH is 1. The van der Waals surface area contributed by atoms with Gasteiger partial charge in [-0.1, -0.05) is 38.1 Å². The van der Waals surface area contributed by atoms with Crippen molar-refractivity contribution >= 4 is 0 Å². The Hall–Kier alpha value is -1.91. The van der Waals surface area contributed by atoms with E-state index in [1.807, 2.05) is 24.3 Å². The summed E-state index contributed by atoms with van der Waals surface area (Å²) in [6.07, 6.45) is 2.86. The molecule has 2 aromatic carbocycles. The highest BCUT2D eigenvalue weighted by atomic mass is 19.1. The number of ether oxygens (including phenoxy) is 1. The maximum absolute atomic E-state index is 13.3. The molecule has 1 aliphatic rings. The van der Waals surface area contributed by atoms with E-state index in [2.05, 4.69) is 30.9 Å². The Balaban J connectivity index is 1.53. The molecular formula is C24H32FNO2. The molecule has 0 spiro atoms. The average Bonchev–Trinajstić information content (AvgIpc) is 2.72. The molecule has 28 heavy (non-hydrogen) atoms. The average molecular weight is 386 g/mol. The molecule has 0 saturated carbocycles. The molecular weight excluding hydrogens is 353 g/mol. The number of rotatable bonds is 8. The predicted octanol–water partition coefficient (Wildman–Crippen LogP) is 5.16. The lowest BCUT2D eigenvalue weighted by Gasteiger charge is -2.39. The second kappa shape index (κ2) is 10.0. The van der Waals surface area contributed by atoms with E-state index in [0.29, 0.717) is 18.4 Å². The van der Waals surface area contributed by atoms with E-state index in [1.54, 1.807) is 0 Å². The van der Waals surface area contributed by atoms with Crippen LogP contribution in [0.4, 0.5) is 4.39 Å². The van der Waals surface area contributed by atoms with E-state index in [-0.39, 0.29) is 18.5 Å². The van der Waals surface area contributed by atoms with Gasteiger partial charge in [0, 0.05) is 19.2 Å². The van der Waals surface area contributed by atoms with Crippen molar-refractivity contribution in [1.82, 2.24) is 4.90 Å². The molecule has 2 atom stereocenters. The minimum Gasteiger partial charge on any atom is -0.494 e. The molecule has 2 aromatic rings. The monoisotopic (exact) mass is 385 g/mol. The highest BCUT2D eigenvalue weighted by molar-refractivity contribution is 5.28. The highest BCUT2D eigenvalue weighted by Crippen LogP contribution is 2.34. The molecule has 4 heteroatoms. The van der Waals surface area contributed by atoms with Gasteiger partial charge >= 0.3 is 0 Å². The molecule has 152 valence electrons. The summed E-state index contributed by atoms with van der Waals surface area (Å²) in [6, 6.07) is 15.4. The van der Waals surface area contributed by atoms with Crippen molar-refractivity contribution in [3.63, 3.8) is 0 Å². The molecule has 2 unspecified atom stereocenters. The molecule has 1 fully saturated rings. The first-order valence-corrected chi connectivity index (χ1v) is 10.4. The maximum atomic E-state index is 13.3. The van der Waals surface area contributed by atoms with Crippen molar-refractivity contribution in [1.29, 1.82) is 0 Å². The van der Waals surface area contributed by atoms with Crippen LogP contribution < -0.4 is 4.74 Å². The van der Waals surface area contributed by atoms with E-state index < -0.39 is 0 Å². The van der Waals surface area contributed by atoms with E-state index in [1.165, 1.54) is 17.7 Å². The van der Waals surface area contributed by atoms with Crippen LogP contribution in [0.2, 0.25) is 0 Å². The number of piperidine rings is 1. The molecule has 1 heterocycles. The summed E-state index contributed by atoms with van der Waals surface area (Å²) in [5.74, 6) is 1.56. The van der Waals surface area contributed by atoms with Gasteiger partial charge in [-0.05, 0) is 73.0 Å². The third-order valence-corrected chi connectivity index (χ3v) is 5.74. The first-order chi connectivity index (χ1) is 13.6. The Kier molecular flexibility index (Phi) is 7.46. The van der Waals surface area contributed by atoms with Gasteiger partial charge in [-0.2, -0.15) is 0 Å². The fourth-order valence-electron chi connectivity index (χ4n) is 3.96. The van der Waals surface area contributed by atoms with Gasteiger partial charge in [0.25, 0.3) is 0 Å². The number of hydrogen-bond acceptors (Lipinski definition) is 3. The minimum absolute atomic E-state index is 0.207. The number of nitrogens with zero attached hydrogens (tertiary/aromatic N) is 1. The van der Waals surface area contributed by atoms with Gasteiger partial charge in [0.1, 0.15) is 11.6 Å². The SMILES string of the molecule is CC(C)c1ccc(OCCCN2CCC(CO)CC2c2ccc(F)cc2)cc1. The van der Waals surface area contributed by atoms with E-state index >= 15 is 0 Å². The molecule has 1 aliphatic heterocycles. The topological polar surface area (TPSA) is 32.7 Å². The van der Waals surface area contributed by atoms with Crippen molar-refractivity contribution in [2.45, 2.75) is 45.1 Å². The van der Waals surface area contributed by atoms with Gasteiger partial charge in [0.05, 0.1) is 6.61 Å². The maximum Gasteiger partial charge on any atom is 0.123 e. The molecule has 0 bridgehead atoms. The van der Waals surface area contributed by atoms with Gasteiger partial charge in [-0.15, -0.1) is 0 Å². The van der Waals surface area contributed by atoms with Crippen molar-refractivity contribution in [2.24, 2.45) is 5.92 Å². The Morgan fingerprint density at radius 1 is 1.11 bits per heavy atom. The van der Waals surface area contributed by atoms with E-state index in [9.17, 15) is 9.50 Å². The lowest BCUT2D eigenvalue weighted by Crippen LogP contribution is -2.38. The lowest BCUT2D eigenvalue weighted by atomic mass is 9.87. The van der Waals surface area contributed by atoms with E-state index in [4.69, 9.17) is 4.74 Å². The van der Waals surface area contributed by atoms with Gasteiger partial charge in [-0.3, -0.25) is 4.90 Å². The van der Waals surface area contributed by atoms with Crippen LogP contribution in [0.15, 0.2) is 48.5 Å². The largest absolute Gasteiger partial charge is 0.494 e. The fraction of sp³-hybridized carbons (Fsp3) is 0.500. The van der Waals surface area contributed by atoms with Crippen molar-refractivity contribution in [3.05, 3.63) is 65.5 Å². The number of aliphatic hydroxyl groups is 1. The quantitative estimate of drug-likeness (QED) is 0.637. The first kappa shape index (κ1) is 20.8.